The fourth-order valence-corrected chi connectivity index (χ4v) is 3.84. The molecule has 0 spiro atoms. The summed E-state index contributed by atoms with van der Waals surface area (Å²) < 4.78 is 5.39. The number of carbonyl (C=O) groups excluding carboxylic acids is 1. The van der Waals surface area contributed by atoms with E-state index in [0.29, 0.717) is 5.92 Å². The summed E-state index contributed by atoms with van der Waals surface area (Å²) in [5.74, 6) is 2.95. The van der Waals surface area contributed by atoms with E-state index in [1.54, 1.807) is 0 Å². The van der Waals surface area contributed by atoms with Crippen LogP contribution in [0.3, 0.4) is 0 Å². The quantitative estimate of drug-likeness (QED) is 0.470. The van der Waals surface area contributed by atoms with Crippen molar-refractivity contribution in [2.45, 2.75) is 32.3 Å². The first kappa shape index (κ1) is 8.51. The fourth-order valence-electron chi connectivity index (χ4n) is 3.84. The number of carbonyl (C=O) groups is 1. The second-order valence-electron chi connectivity index (χ2n) is 4.95. The summed E-state index contributed by atoms with van der Waals surface area (Å²) in [6.45, 7) is 1.52. The van der Waals surface area contributed by atoms with Gasteiger partial charge in [-0.25, -0.2) is 0 Å². The topological polar surface area (TPSA) is 26.3 Å². The van der Waals surface area contributed by atoms with E-state index in [2.05, 4.69) is 12.2 Å². The predicted molar refractivity (Wildman–Crippen MR) is 52.5 cm³/mol. The van der Waals surface area contributed by atoms with Gasteiger partial charge in [0.2, 0.25) is 0 Å². The molecule has 14 heavy (non-hydrogen) atoms. The minimum atomic E-state index is -0.106. The van der Waals surface area contributed by atoms with Gasteiger partial charge in [-0.3, -0.25) is 4.79 Å². The molecule has 76 valence electrons. The summed E-state index contributed by atoms with van der Waals surface area (Å²) in [4.78, 5) is 10.9. The molecule has 2 saturated carbocycles. The number of hydrogen-bond acceptors (Lipinski definition) is 2. The molecule has 0 saturated heterocycles. The second-order valence-corrected chi connectivity index (χ2v) is 4.95. The van der Waals surface area contributed by atoms with Crippen molar-refractivity contribution in [1.82, 2.24) is 0 Å². The molecular weight excluding hydrogens is 176 g/mol. The van der Waals surface area contributed by atoms with Crippen molar-refractivity contribution in [3.8, 4) is 0 Å². The molecular formula is C12H16O2. The Bertz CT molecular complexity index is 295. The molecule has 3 rings (SSSR count). The zero-order valence-corrected chi connectivity index (χ0v) is 8.48. The van der Waals surface area contributed by atoms with E-state index in [0.717, 1.165) is 24.2 Å². The van der Waals surface area contributed by atoms with Crippen LogP contribution < -0.4 is 0 Å². The SMILES string of the molecule is CC(=O)O[C@H]1CC2CC1[C@@H]1CC=C[C@H]21. The molecule has 2 unspecified atom stereocenters. The van der Waals surface area contributed by atoms with Gasteiger partial charge in [0.25, 0.3) is 0 Å². The summed E-state index contributed by atoms with van der Waals surface area (Å²) in [6, 6.07) is 0. The molecule has 2 fully saturated rings. The van der Waals surface area contributed by atoms with Crippen molar-refractivity contribution in [2.75, 3.05) is 0 Å². The lowest BCUT2D eigenvalue weighted by atomic mass is 9.80. The maximum Gasteiger partial charge on any atom is 0.302 e. The molecule has 0 amide bonds. The summed E-state index contributed by atoms with van der Waals surface area (Å²) in [5, 5.41) is 0. The highest BCUT2D eigenvalue weighted by Gasteiger charge is 2.53. The highest BCUT2D eigenvalue weighted by atomic mass is 16.5. The first-order valence-electron chi connectivity index (χ1n) is 5.59. The third-order valence-corrected chi connectivity index (χ3v) is 4.26. The molecule has 0 aromatic heterocycles. The van der Waals surface area contributed by atoms with E-state index in [9.17, 15) is 4.79 Å². The third-order valence-electron chi connectivity index (χ3n) is 4.26. The number of hydrogen-bond donors (Lipinski definition) is 0. The van der Waals surface area contributed by atoms with Gasteiger partial charge in [-0.15, -0.1) is 0 Å². The van der Waals surface area contributed by atoms with E-state index in [-0.39, 0.29) is 12.1 Å². The van der Waals surface area contributed by atoms with Crippen LogP contribution in [0.15, 0.2) is 12.2 Å². The Kier molecular flexibility index (Phi) is 1.73. The van der Waals surface area contributed by atoms with Gasteiger partial charge in [-0.2, -0.15) is 0 Å². The lowest BCUT2D eigenvalue weighted by Gasteiger charge is -2.30. The molecule has 0 aromatic carbocycles. The standard InChI is InChI=1S/C12H16O2/c1-7(13)14-12-6-8-5-11(12)10-4-2-3-9(8)10/h2-3,8-12H,4-6H2,1H3/t8?,9-,10-,11?,12+/m1/s1. The summed E-state index contributed by atoms with van der Waals surface area (Å²) in [6.07, 6.45) is 8.54. The lowest BCUT2D eigenvalue weighted by Crippen LogP contribution is -2.31. The highest BCUT2D eigenvalue weighted by Crippen LogP contribution is 2.57. The Morgan fingerprint density at radius 1 is 1.36 bits per heavy atom. The minimum absolute atomic E-state index is 0.106. The highest BCUT2D eigenvalue weighted by molar-refractivity contribution is 5.66. The lowest BCUT2D eigenvalue weighted by molar-refractivity contribution is -0.150. The molecule has 0 heterocycles. The van der Waals surface area contributed by atoms with E-state index in [1.807, 2.05) is 0 Å². The number of esters is 1. The first-order valence-corrected chi connectivity index (χ1v) is 5.59. The predicted octanol–water partition coefficient (Wildman–Crippen LogP) is 2.15. The van der Waals surface area contributed by atoms with Crippen molar-refractivity contribution in [3.05, 3.63) is 12.2 Å². The average molecular weight is 192 g/mol. The van der Waals surface area contributed by atoms with Gasteiger partial charge in [0.15, 0.2) is 0 Å². The van der Waals surface area contributed by atoms with Gasteiger partial charge in [0.1, 0.15) is 6.10 Å². The van der Waals surface area contributed by atoms with Gasteiger partial charge in [0.05, 0.1) is 0 Å². The van der Waals surface area contributed by atoms with Gasteiger partial charge in [-0.1, -0.05) is 12.2 Å². The van der Waals surface area contributed by atoms with Crippen molar-refractivity contribution in [3.63, 3.8) is 0 Å². The van der Waals surface area contributed by atoms with Crippen LogP contribution in [0.1, 0.15) is 26.2 Å². The van der Waals surface area contributed by atoms with Crippen LogP contribution >= 0.6 is 0 Å². The molecule has 0 radical (unpaired) electrons. The summed E-state index contributed by atoms with van der Waals surface area (Å²) in [5.41, 5.74) is 0. The monoisotopic (exact) mass is 192 g/mol. The molecule has 0 aromatic rings. The molecule has 3 aliphatic rings. The summed E-state index contributed by atoms with van der Waals surface area (Å²) >= 11 is 0. The largest absolute Gasteiger partial charge is 0.462 e. The van der Waals surface area contributed by atoms with E-state index < -0.39 is 0 Å². The van der Waals surface area contributed by atoms with Gasteiger partial charge in [0, 0.05) is 6.92 Å². The molecule has 2 nitrogen and oxygen atoms in total. The van der Waals surface area contributed by atoms with E-state index in [1.165, 1.54) is 19.8 Å². The van der Waals surface area contributed by atoms with Crippen LogP contribution in [0.25, 0.3) is 0 Å². The Labute approximate surface area is 84.3 Å². The Morgan fingerprint density at radius 2 is 2.21 bits per heavy atom. The molecule has 0 aliphatic heterocycles. The van der Waals surface area contributed by atoms with Crippen LogP contribution in [0.4, 0.5) is 0 Å². The Morgan fingerprint density at radius 3 is 3.00 bits per heavy atom. The number of ether oxygens (including phenoxy) is 1. The second kappa shape index (κ2) is 2.85. The van der Waals surface area contributed by atoms with Gasteiger partial charge in [-0.05, 0) is 42.9 Å². The molecule has 3 aliphatic carbocycles. The number of rotatable bonds is 1. The third kappa shape index (κ3) is 1.06. The van der Waals surface area contributed by atoms with Crippen LogP contribution in [0.2, 0.25) is 0 Å². The maximum absolute atomic E-state index is 10.9. The van der Waals surface area contributed by atoms with Crippen molar-refractivity contribution in [2.24, 2.45) is 23.7 Å². The zero-order valence-electron chi connectivity index (χ0n) is 8.48. The first-order chi connectivity index (χ1) is 6.75. The molecule has 5 atom stereocenters. The van der Waals surface area contributed by atoms with Crippen LogP contribution in [-0.2, 0) is 9.53 Å². The van der Waals surface area contributed by atoms with Crippen molar-refractivity contribution in [1.29, 1.82) is 0 Å². The minimum Gasteiger partial charge on any atom is -0.462 e. The molecule has 0 N–H and O–H groups in total. The molecule has 2 bridgehead atoms. The Balaban J connectivity index is 1.75. The van der Waals surface area contributed by atoms with Gasteiger partial charge < -0.3 is 4.74 Å². The van der Waals surface area contributed by atoms with Crippen LogP contribution in [0, 0.1) is 23.7 Å². The number of allylic oxidation sites excluding steroid dienone is 2. The van der Waals surface area contributed by atoms with Crippen LogP contribution in [-0.4, -0.2) is 12.1 Å². The Hall–Kier alpha value is -0.790. The fraction of sp³-hybridized carbons (Fsp3) is 0.750. The van der Waals surface area contributed by atoms with Crippen molar-refractivity contribution >= 4 is 5.97 Å². The van der Waals surface area contributed by atoms with Crippen molar-refractivity contribution < 1.29 is 9.53 Å². The summed E-state index contributed by atoms with van der Waals surface area (Å²) in [7, 11) is 0. The average Bonchev–Trinajstić information content (AvgIpc) is 2.68. The smallest absolute Gasteiger partial charge is 0.302 e. The number of fused-ring (bicyclic) bond motifs is 5. The van der Waals surface area contributed by atoms with E-state index in [4.69, 9.17) is 4.74 Å². The molecule has 2 heteroatoms. The zero-order chi connectivity index (χ0) is 9.71. The van der Waals surface area contributed by atoms with E-state index >= 15 is 0 Å². The normalized spacial score (nSPS) is 48.2. The van der Waals surface area contributed by atoms with Crippen LogP contribution in [0.5, 0.6) is 0 Å². The van der Waals surface area contributed by atoms with Gasteiger partial charge >= 0.3 is 5.97 Å². The maximum atomic E-state index is 10.9.